The average Bonchev–Trinajstić information content (AvgIpc) is 3.30. The zero-order chi connectivity index (χ0) is 28.6. The van der Waals surface area contributed by atoms with Gasteiger partial charge in [0.05, 0.1) is 27.2 Å². The van der Waals surface area contributed by atoms with Crippen LogP contribution in [-0.4, -0.2) is 26.5 Å². The van der Waals surface area contributed by atoms with Crippen LogP contribution in [0.5, 0.6) is 11.5 Å². The van der Waals surface area contributed by atoms with E-state index in [-0.39, 0.29) is 29.9 Å². The Balaban J connectivity index is 1.83. The van der Waals surface area contributed by atoms with Crippen LogP contribution in [0.25, 0.3) is 0 Å². The summed E-state index contributed by atoms with van der Waals surface area (Å²) in [6.07, 6.45) is -5.02. The summed E-state index contributed by atoms with van der Waals surface area (Å²) in [7, 11) is 0. The van der Waals surface area contributed by atoms with Gasteiger partial charge in [-0.05, 0) is 35.9 Å². The van der Waals surface area contributed by atoms with Crippen LogP contribution < -0.4 is 4.74 Å². The fourth-order valence-corrected chi connectivity index (χ4v) is 4.36. The normalized spacial score (nSPS) is 15.2. The number of hydrazone groups is 1. The summed E-state index contributed by atoms with van der Waals surface area (Å²) in [6.45, 7) is 1.23. The van der Waals surface area contributed by atoms with Crippen LogP contribution in [-0.2, 0) is 11.0 Å². The highest BCUT2D eigenvalue weighted by Gasteiger charge is 2.40. The van der Waals surface area contributed by atoms with Crippen LogP contribution in [0.2, 0.25) is 0 Å². The average molecular weight is 611 g/mol. The molecular weight excluding hydrogens is 596 g/mol. The molecule has 0 saturated carbocycles. The summed E-state index contributed by atoms with van der Waals surface area (Å²) in [5.41, 5.74) is -3.04. The van der Waals surface area contributed by atoms with E-state index in [2.05, 4.69) is 21.0 Å². The quantitative estimate of drug-likeness (QED) is 0.169. The van der Waals surface area contributed by atoms with Crippen LogP contribution in [0.1, 0.15) is 36.1 Å². The number of carbonyl (C=O) groups excluding carboxylic acids is 1. The van der Waals surface area contributed by atoms with E-state index in [4.69, 9.17) is 4.74 Å². The van der Waals surface area contributed by atoms with E-state index in [1.54, 1.807) is 0 Å². The molecular formula is C24H15BrF4N4O6. The highest BCUT2D eigenvalue weighted by Crippen LogP contribution is 2.47. The van der Waals surface area contributed by atoms with Crippen molar-refractivity contribution in [2.24, 2.45) is 5.10 Å². The lowest BCUT2D eigenvalue weighted by Crippen LogP contribution is -2.24. The van der Waals surface area contributed by atoms with Crippen molar-refractivity contribution in [2.75, 3.05) is 0 Å². The van der Waals surface area contributed by atoms with E-state index in [0.717, 1.165) is 5.01 Å². The number of rotatable bonds is 6. The molecule has 202 valence electrons. The molecule has 1 atom stereocenters. The summed E-state index contributed by atoms with van der Waals surface area (Å²) < 4.78 is 59.4. The van der Waals surface area contributed by atoms with Crippen molar-refractivity contribution >= 4 is 38.9 Å². The minimum atomic E-state index is -5.10. The van der Waals surface area contributed by atoms with E-state index in [0.29, 0.717) is 15.7 Å². The number of carbonyl (C=O) groups is 1. The molecule has 1 heterocycles. The highest BCUT2D eigenvalue weighted by molar-refractivity contribution is 9.10. The molecule has 10 nitrogen and oxygen atoms in total. The van der Waals surface area contributed by atoms with Crippen LogP contribution in [0.4, 0.5) is 28.9 Å². The number of nitrogens with zero attached hydrogens (tertiary/aromatic N) is 4. The summed E-state index contributed by atoms with van der Waals surface area (Å²) in [5, 5.41) is 28.7. The molecule has 0 spiro atoms. The minimum Gasteiger partial charge on any atom is -0.444 e. The second-order valence-corrected chi connectivity index (χ2v) is 9.19. The monoisotopic (exact) mass is 610 g/mol. The van der Waals surface area contributed by atoms with Gasteiger partial charge < -0.3 is 4.74 Å². The first-order chi connectivity index (χ1) is 18.3. The summed E-state index contributed by atoms with van der Waals surface area (Å²) >= 11 is 3.28. The smallest absolute Gasteiger partial charge is 0.416 e. The molecule has 0 aliphatic carbocycles. The van der Waals surface area contributed by atoms with Gasteiger partial charge in [0.25, 0.3) is 5.75 Å². The fourth-order valence-electron chi connectivity index (χ4n) is 3.98. The molecule has 0 aromatic heterocycles. The SMILES string of the molecule is CC(=O)N1N=C(c2ccc(F)cc2)CC1c1cc(Br)ccc1Oc1c([N+](=O)[O-])cc(C(F)(F)F)cc1[N+](=O)[O-]. The second-order valence-electron chi connectivity index (χ2n) is 8.28. The number of benzene rings is 3. The van der Waals surface area contributed by atoms with Gasteiger partial charge in [-0.1, -0.05) is 28.1 Å². The maximum absolute atomic E-state index is 13.4. The van der Waals surface area contributed by atoms with E-state index in [1.807, 2.05) is 0 Å². The predicted molar refractivity (Wildman–Crippen MR) is 132 cm³/mol. The number of hydrogen-bond donors (Lipinski definition) is 0. The van der Waals surface area contributed by atoms with Crippen molar-refractivity contribution in [3.63, 3.8) is 0 Å². The van der Waals surface area contributed by atoms with Crippen LogP contribution in [0.3, 0.4) is 0 Å². The Morgan fingerprint density at radius 3 is 2.15 bits per heavy atom. The summed E-state index contributed by atoms with van der Waals surface area (Å²) in [5.74, 6) is -2.21. The molecule has 3 aromatic carbocycles. The number of hydrogen-bond acceptors (Lipinski definition) is 7. The Morgan fingerprint density at radius 2 is 1.64 bits per heavy atom. The van der Waals surface area contributed by atoms with Gasteiger partial charge in [-0.2, -0.15) is 18.3 Å². The molecule has 1 amide bonds. The van der Waals surface area contributed by atoms with Crippen LogP contribution in [0, 0.1) is 26.0 Å². The maximum Gasteiger partial charge on any atom is 0.416 e. The lowest BCUT2D eigenvalue weighted by atomic mass is 9.97. The van der Waals surface area contributed by atoms with E-state index in [9.17, 15) is 42.6 Å². The minimum absolute atomic E-state index is 0.0786. The molecule has 0 saturated heterocycles. The Morgan fingerprint density at radius 1 is 1.05 bits per heavy atom. The molecule has 0 radical (unpaired) electrons. The van der Waals surface area contributed by atoms with Gasteiger partial charge in [0.2, 0.25) is 5.91 Å². The molecule has 39 heavy (non-hydrogen) atoms. The maximum atomic E-state index is 13.4. The molecule has 0 fully saturated rings. The van der Waals surface area contributed by atoms with Crippen LogP contribution in [0.15, 0.2) is 64.2 Å². The predicted octanol–water partition coefficient (Wildman–Crippen LogP) is 6.91. The topological polar surface area (TPSA) is 128 Å². The molecule has 0 N–H and O–H groups in total. The van der Waals surface area contributed by atoms with Gasteiger partial charge in [-0.25, -0.2) is 9.40 Å². The fraction of sp³-hybridized carbons (Fsp3) is 0.167. The number of nitro benzene ring substituents is 2. The molecule has 3 aromatic rings. The third-order valence-corrected chi connectivity index (χ3v) is 6.22. The highest BCUT2D eigenvalue weighted by atomic mass is 79.9. The first-order valence-electron chi connectivity index (χ1n) is 10.9. The standard InChI is InChI=1S/C24H15BrF4N4O6/c1-12(34)31-19(11-18(30-31)13-2-5-16(26)6-3-13)17-10-15(25)4-7-22(17)39-23-20(32(35)36)8-14(24(27,28)29)9-21(23)33(37)38/h2-10,19H,11H2,1H3. The Kier molecular flexibility index (Phi) is 7.37. The summed E-state index contributed by atoms with van der Waals surface area (Å²) in [6, 6.07) is 8.98. The largest absolute Gasteiger partial charge is 0.444 e. The first-order valence-corrected chi connectivity index (χ1v) is 11.7. The number of nitro groups is 2. The number of halogens is 5. The van der Waals surface area contributed by atoms with E-state index in [1.165, 1.54) is 49.4 Å². The van der Waals surface area contributed by atoms with Gasteiger partial charge in [-0.3, -0.25) is 25.0 Å². The van der Waals surface area contributed by atoms with Crippen molar-refractivity contribution in [3.05, 3.63) is 102 Å². The van der Waals surface area contributed by atoms with Crippen molar-refractivity contribution < 1.29 is 36.9 Å². The number of ether oxygens (including phenoxy) is 1. The molecule has 1 aliphatic rings. The Labute approximate surface area is 224 Å². The van der Waals surface area contributed by atoms with E-state index < -0.39 is 56.5 Å². The molecule has 1 aliphatic heterocycles. The lowest BCUT2D eigenvalue weighted by molar-refractivity contribution is -0.396. The van der Waals surface area contributed by atoms with Gasteiger partial charge in [0.15, 0.2) is 0 Å². The third kappa shape index (κ3) is 5.72. The Bertz CT molecular complexity index is 1490. The number of alkyl halides is 3. The van der Waals surface area contributed by atoms with Crippen molar-refractivity contribution in [3.8, 4) is 11.5 Å². The zero-order valence-corrected chi connectivity index (χ0v) is 21.2. The molecule has 0 bridgehead atoms. The van der Waals surface area contributed by atoms with Crippen molar-refractivity contribution in [1.82, 2.24) is 5.01 Å². The van der Waals surface area contributed by atoms with Crippen molar-refractivity contribution in [2.45, 2.75) is 25.6 Å². The molecule has 4 rings (SSSR count). The second kappa shape index (κ2) is 10.4. The van der Waals surface area contributed by atoms with E-state index >= 15 is 0 Å². The Hall–Kier alpha value is -4.40. The molecule has 15 heteroatoms. The van der Waals surface area contributed by atoms with Gasteiger partial charge in [0, 0.05) is 35.5 Å². The summed E-state index contributed by atoms with van der Waals surface area (Å²) in [4.78, 5) is 33.3. The van der Waals surface area contributed by atoms with Gasteiger partial charge >= 0.3 is 17.6 Å². The lowest BCUT2D eigenvalue weighted by Gasteiger charge is -2.23. The van der Waals surface area contributed by atoms with Gasteiger partial charge in [0.1, 0.15) is 11.6 Å². The first kappa shape index (κ1) is 27.6. The zero-order valence-electron chi connectivity index (χ0n) is 19.6. The van der Waals surface area contributed by atoms with Gasteiger partial charge in [-0.15, -0.1) is 0 Å². The van der Waals surface area contributed by atoms with Crippen molar-refractivity contribution in [1.29, 1.82) is 0 Å². The number of amides is 1. The third-order valence-electron chi connectivity index (χ3n) is 5.72. The molecule has 1 unspecified atom stereocenters. The van der Waals surface area contributed by atoms with Crippen LogP contribution >= 0.6 is 15.9 Å².